The van der Waals surface area contributed by atoms with E-state index in [1.807, 2.05) is 13.0 Å². The summed E-state index contributed by atoms with van der Waals surface area (Å²) in [6, 6.07) is 3.63. The lowest BCUT2D eigenvalue weighted by molar-refractivity contribution is -0.0327. The first-order valence-electron chi connectivity index (χ1n) is 4.44. The fraction of sp³-hybridized carbons (Fsp3) is 0.556. The van der Waals surface area contributed by atoms with Crippen molar-refractivity contribution in [3.8, 4) is 0 Å². The largest absolute Gasteiger partial charge is 0.465 e. The Bertz CT molecular complexity index is 298. The van der Waals surface area contributed by atoms with Gasteiger partial charge in [-0.15, -0.1) is 0 Å². The third kappa shape index (κ3) is 5.74. The lowest BCUT2D eigenvalue weighted by Crippen LogP contribution is -2.18. The van der Waals surface area contributed by atoms with Crippen LogP contribution in [-0.4, -0.2) is 17.8 Å². The van der Waals surface area contributed by atoms with Gasteiger partial charge in [0.1, 0.15) is 11.5 Å². The Morgan fingerprint density at radius 3 is 2.67 bits per heavy atom. The van der Waals surface area contributed by atoms with Crippen molar-refractivity contribution in [3.05, 3.63) is 23.7 Å². The number of alkyl halides is 3. The van der Waals surface area contributed by atoms with Crippen LogP contribution in [0.25, 0.3) is 0 Å². The second kappa shape index (κ2) is 5.46. The fourth-order valence-corrected chi connectivity index (χ4v) is 1.51. The van der Waals surface area contributed by atoms with Crippen molar-refractivity contribution < 1.29 is 17.6 Å². The van der Waals surface area contributed by atoms with E-state index in [2.05, 4.69) is 5.32 Å². The summed E-state index contributed by atoms with van der Waals surface area (Å²) >= 11 is -0.0192. The van der Waals surface area contributed by atoms with Crippen LogP contribution in [-0.2, 0) is 6.54 Å². The average molecular weight is 239 g/mol. The number of nitrogens with one attached hydrogen (secondary N) is 1. The Hall–Kier alpha value is -0.620. The van der Waals surface area contributed by atoms with Crippen LogP contribution in [0.1, 0.15) is 11.5 Å². The van der Waals surface area contributed by atoms with Gasteiger partial charge in [0, 0.05) is 12.3 Å². The third-order valence-electron chi connectivity index (χ3n) is 1.64. The minimum absolute atomic E-state index is 0.0171. The topological polar surface area (TPSA) is 25.2 Å². The van der Waals surface area contributed by atoms with Crippen molar-refractivity contribution in [2.24, 2.45) is 0 Å². The predicted octanol–water partition coefficient (Wildman–Crippen LogP) is 2.93. The molecular weight excluding hydrogens is 227 g/mol. The highest BCUT2D eigenvalue weighted by Gasteiger charge is 2.27. The van der Waals surface area contributed by atoms with Gasteiger partial charge in [0.05, 0.1) is 6.54 Å². The number of halogens is 3. The summed E-state index contributed by atoms with van der Waals surface area (Å²) in [7, 11) is 0. The molecule has 1 aromatic rings. The zero-order valence-electron chi connectivity index (χ0n) is 8.23. The smallest absolute Gasteiger partial charge is 0.441 e. The molecule has 0 bridgehead atoms. The van der Waals surface area contributed by atoms with Gasteiger partial charge in [-0.2, -0.15) is 13.2 Å². The molecule has 1 aromatic heterocycles. The molecule has 0 amide bonds. The van der Waals surface area contributed by atoms with Crippen LogP contribution in [0, 0.1) is 6.92 Å². The second-order valence-electron chi connectivity index (χ2n) is 2.98. The van der Waals surface area contributed by atoms with Gasteiger partial charge in [0.2, 0.25) is 0 Å². The van der Waals surface area contributed by atoms with Gasteiger partial charge in [-0.1, -0.05) is 0 Å². The van der Waals surface area contributed by atoms with Crippen LogP contribution < -0.4 is 5.32 Å². The molecule has 1 N–H and O–H groups in total. The molecule has 86 valence electrons. The molecule has 0 aliphatic heterocycles. The quantitative estimate of drug-likeness (QED) is 0.800. The highest BCUT2D eigenvalue weighted by atomic mass is 32.2. The summed E-state index contributed by atoms with van der Waals surface area (Å²) in [5.74, 6) is 1.56. The van der Waals surface area contributed by atoms with E-state index in [0.717, 1.165) is 11.5 Å². The summed E-state index contributed by atoms with van der Waals surface area (Å²) in [5.41, 5.74) is -4.14. The van der Waals surface area contributed by atoms with Crippen molar-refractivity contribution >= 4 is 11.8 Å². The summed E-state index contributed by atoms with van der Waals surface area (Å²) in [6.07, 6.45) is 0. The SMILES string of the molecule is Cc1ccc(CNCCSC(F)(F)F)o1. The lowest BCUT2D eigenvalue weighted by atomic mass is 10.4. The summed E-state index contributed by atoms with van der Waals surface area (Å²) < 4.78 is 40.4. The van der Waals surface area contributed by atoms with E-state index in [1.165, 1.54) is 0 Å². The van der Waals surface area contributed by atoms with Gasteiger partial charge in [-0.25, -0.2) is 0 Å². The summed E-state index contributed by atoms with van der Waals surface area (Å²) in [6.45, 7) is 2.60. The van der Waals surface area contributed by atoms with E-state index < -0.39 is 5.51 Å². The number of aryl methyl sites for hydroxylation is 1. The monoisotopic (exact) mass is 239 g/mol. The number of thioether (sulfide) groups is 1. The molecule has 0 aliphatic carbocycles. The minimum Gasteiger partial charge on any atom is -0.465 e. The van der Waals surface area contributed by atoms with Gasteiger partial charge in [0.25, 0.3) is 0 Å². The molecule has 0 aromatic carbocycles. The van der Waals surface area contributed by atoms with E-state index in [4.69, 9.17) is 4.42 Å². The van der Waals surface area contributed by atoms with Gasteiger partial charge in [-0.05, 0) is 30.8 Å². The third-order valence-corrected chi connectivity index (χ3v) is 2.38. The molecule has 0 atom stereocenters. The average Bonchev–Trinajstić information content (AvgIpc) is 2.49. The molecule has 0 unspecified atom stereocenters. The van der Waals surface area contributed by atoms with Gasteiger partial charge in [0.15, 0.2) is 0 Å². The Balaban J connectivity index is 2.07. The van der Waals surface area contributed by atoms with E-state index in [1.54, 1.807) is 6.07 Å². The van der Waals surface area contributed by atoms with Crippen LogP contribution in [0.2, 0.25) is 0 Å². The fourth-order valence-electron chi connectivity index (χ4n) is 1.03. The Morgan fingerprint density at radius 1 is 1.40 bits per heavy atom. The first-order valence-corrected chi connectivity index (χ1v) is 5.42. The van der Waals surface area contributed by atoms with Crippen LogP contribution in [0.15, 0.2) is 16.5 Å². The normalized spacial score (nSPS) is 12.0. The van der Waals surface area contributed by atoms with Gasteiger partial charge < -0.3 is 9.73 Å². The van der Waals surface area contributed by atoms with E-state index in [-0.39, 0.29) is 17.5 Å². The molecule has 0 fully saturated rings. The van der Waals surface area contributed by atoms with Crippen molar-refractivity contribution in [2.75, 3.05) is 12.3 Å². The molecule has 0 aliphatic rings. The predicted molar refractivity (Wildman–Crippen MR) is 53.7 cm³/mol. The highest BCUT2D eigenvalue weighted by Crippen LogP contribution is 2.29. The Labute approximate surface area is 90.2 Å². The molecule has 15 heavy (non-hydrogen) atoms. The number of rotatable bonds is 5. The van der Waals surface area contributed by atoms with Crippen LogP contribution >= 0.6 is 11.8 Å². The molecule has 0 spiro atoms. The lowest BCUT2D eigenvalue weighted by Gasteiger charge is -2.05. The Morgan fingerprint density at radius 2 is 2.13 bits per heavy atom. The zero-order valence-corrected chi connectivity index (χ0v) is 9.04. The number of hydrogen-bond donors (Lipinski definition) is 1. The van der Waals surface area contributed by atoms with E-state index in [9.17, 15) is 13.2 Å². The molecule has 6 heteroatoms. The molecule has 1 rings (SSSR count). The van der Waals surface area contributed by atoms with Crippen molar-refractivity contribution in [3.63, 3.8) is 0 Å². The van der Waals surface area contributed by atoms with Crippen LogP contribution in [0.5, 0.6) is 0 Å². The first kappa shape index (κ1) is 12.4. The molecule has 0 radical (unpaired) electrons. The Kier molecular flexibility index (Phi) is 4.53. The van der Waals surface area contributed by atoms with Crippen LogP contribution in [0.4, 0.5) is 13.2 Å². The maximum absolute atomic E-state index is 11.7. The molecule has 0 saturated carbocycles. The number of hydrogen-bond acceptors (Lipinski definition) is 3. The van der Waals surface area contributed by atoms with E-state index >= 15 is 0 Å². The van der Waals surface area contributed by atoms with Crippen molar-refractivity contribution in [2.45, 2.75) is 19.0 Å². The maximum atomic E-state index is 11.7. The molecular formula is C9H12F3NOS. The van der Waals surface area contributed by atoms with Crippen LogP contribution in [0.3, 0.4) is 0 Å². The molecule has 0 saturated heterocycles. The van der Waals surface area contributed by atoms with Gasteiger partial charge in [-0.3, -0.25) is 0 Å². The standard InChI is InChI=1S/C9H12F3NOS/c1-7-2-3-8(14-7)6-13-4-5-15-9(10,11)12/h2-3,13H,4-6H2,1H3. The molecule has 1 heterocycles. The number of furan rings is 1. The highest BCUT2D eigenvalue weighted by molar-refractivity contribution is 8.00. The minimum atomic E-state index is -4.14. The first-order chi connectivity index (χ1) is 6.97. The van der Waals surface area contributed by atoms with Crippen molar-refractivity contribution in [1.29, 1.82) is 0 Å². The zero-order chi connectivity index (χ0) is 11.3. The second-order valence-corrected chi connectivity index (χ2v) is 4.14. The summed E-state index contributed by atoms with van der Waals surface area (Å²) in [4.78, 5) is 0. The summed E-state index contributed by atoms with van der Waals surface area (Å²) in [5, 5.41) is 2.87. The van der Waals surface area contributed by atoms with Gasteiger partial charge >= 0.3 is 5.51 Å². The van der Waals surface area contributed by atoms with Crippen molar-refractivity contribution in [1.82, 2.24) is 5.32 Å². The maximum Gasteiger partial charge on any atom is 0.441 e. The van der Waals surface area contributed by atoms with E-state index in [0.29, 0.717) is 13.1 Å². The molecule has 2 nitrogen and oxygen atoms in total.